The monoisotopic (exact) mass is 508 g/mol. The zero-order valence-electron chi connectivity index (χ0n) is 22.7. The Morgan fingerprint density at radius 2 is 1.66 bits per heavy atom. The van der Waals surface area contributed by atoms with Crippen LogP contribution in [0.4, 0.5) is 5.82 Å². The molecule has 0 amide bonds. The summed E-state index contributed by atoms with van der Waals surface area (Å²) in [6, 6.07) is 19.9. The molecule has 2 fully saturated rings. The predicted octanol–water partition coefficient (Wildman–Crippen LogP) is 6.77. The lowest BCUT2D eigenvalue weighted by molar-refractivity contribution is 0.0653. The number of nitrogens with two attached hydrogens (primary N) is 1. The Kier molecular flexibility index (Phi) is 7.16. The van der Waals surface area contributed by atoms with E-state index in [1.165, 1.54) is 55.2 Å². The molecule has 2 saturated carbocycles. The van der Waals surface area contributed by atoms with Crippen LogP contribution in [-0.4, -0.2) is 25.6 Å². The second-order valence-corrected chi connectivity index (χ2v) is 11.6. The molecule has 0 spiro atoms. The second-order valence-electron chi connectivity index (χ2n) is 11.6. The highest BCUT2D eigenvalue weighted by Gasteiger charge is 2.40. The highest BCUT2D eigenvalue weighted by molar-refractivity contribution is 5.83. The number of imidazole rings is 1. The first-order valence-corrected chi connectivity index (χ1v) is 14.4. The van der Waals surface area contributed by atoms with Gasteiger partial charge in [-0.2, -0.15) is 0 Å². The summed E-state index contributed by atoms with van der Waals surface area (Å²) >= 11 is 0. The van der Waals surface area contributed by atoms with Crippen LogP contribution < -0.4 is 11.1 Å². The molecular weight excluding hydrogens is 468 g/mol. The number of benzene rings is 2. The van der Waals surface area contributed by atoms with Gasteiger partial charge in [-0.3, -0.25) is 0 Å². The molecule has 6 heteroatoms. The van der Waals surface area contributed by atoms with Crippen molar-refractivity contribution in [1.29, 1.82) is 0 Å². The molecule has 3 N–H and O–H groups in total. The Labute approximate surface area is 226 Å². The minimum Gasteiger partial charge on any atom is -0.364 e. The number of anilines is 1. The smallest absolute Gasteiger partial charge is 0.166 e. The molecule has 2 unspecified atom stereocenters. The molecule has 0 aliphatic heterocycles. The number of hydrogen-bond acceptors (Lipinski definition) is 5. The molecule has 6 rings (SSSR count). The van der Waals surface area contributed by atoms with E-state index in [-0.39, 0.29) is 6.04 Å². The van der Waals surface area contributed by atoms with E-state index in [4.69, 9.17) is 20.7 Å². The Morgan fingerprint density at radius 1 is 0.895 bits per heavy atom. The van der Waals surface area contributed by atoms with Gasteiger partial charge >= 0.3 is 0 Å². The van der Waals surface area contributed by atoms with Crippen LogP contribution in [0.2, 0.25) is 0 Å². The van der Waals surface area contributed by atoms with E-state index in [0.717, 1.165) is 35.1 Å². The van der Waals surface area contributed by atoms with Crippen molar-refractivity contribution in [3.05, 3.63) is 72.3 Å². The largest absolute Gasteiger partial charge is 0.364 e. The molecule has 4 atom stereocenters. The molecule has 0 bridgehead atoms. The van der Waals surface area contributed by atoms with Crippen LogP contribution in [0, 0.1) is 17.8 Å². The number of nitrogens with zero attached hydrogens (tertiary/aromatic N) is 4. The van der Waals surface area contributed by atoms with Gasteiger partial charge in [-0.1, -0.05) is 67.4 Å². The highest BCUT2D eigenvalue weighted by Crippen LogP contribution is 2.46. The summed E-state index contributed by atoms with van der Waals surface area (Å²) in [4.78, 5) is 14.8. The zero-order chi connectivity index (χ0) is 26.1. The first-order chi connectivity index (χ1) is 18.6. The van der Waals surface area contributed by atoms with Crippen molar-refractivity contribution < 1.29 is 0 Å². The summed E-state index contributed by atoms with van der Waals surface area (Å²) in [7, 11) is 0. The third kappa shape index (κ3) is 5.06. The maximum Gasteiger partial charge on any atom is 0.166 e. The summed E-state index contributed by atoms with van der Waals surface area (Å²) < 4.78 is 2.16. The third-order valence-electron chi connectivity index (χ3n) is 8.89. The second kappa shape index (κ2) is 10.9. The van der Waals surface area contributed by atoms with Gasteiger partial charge in [0.25, 0.3) is 0 Å². The van der Waals surface area contributed by atoms with Crippen molar-refractivity contribution in [1.82, 2.24) is 19.5 Å². The van der Waals surface area contributed by atoms with E-state index in [2.05, 4.69) is 78.3 Å². The van der Waals surface area contributed by atoms with Crippen molar-refractivity contribution in [2.45, 2.75) is 77.4 Å². The molecular formula is C32H40N6. The molecule has 2 aliphatic rings. The topological polar surface area (TPSA) is 81.7 Å². The van der Waals surface area contributed by atoms with Crippen LogP contribution in [0.15, 0.2) is 60.9 Å². The van der Waals surface area contributed by atoms with E-state index in [1.807, 2.05) is 6.33 Å². The van der Waals surface area contributed by atoms with Gasteiger partial charge < -0.3 is 15.6 Å². The standard InChI is InChI=1S/C32H40N6/c1-21(2)38-20-35-30-31(34-19-22-12-14-24(15-13-22)23-8-4-3-5-9-23)36-29(37-32(30)38)18-25-16-17-26(25)27-10-6-7-11-28(27)33/h3-5,8-9,12-15,20-21,25-28H,6-7,10-11,16-19,33H2,1-2H3,(H,34,36,37)/t25?,26?,27-,28-/m0/s1. The Hall–Kier alpha value is -3.25. The average Bonchev–Trinajstić information content (AvgIpc) is 3.36. The number of rotatable bonds is 8. The third-order valence-corrected chi connectivity index (χ3v) is 8.89. The fraction of sp³-hybridized carbons (Fsp3) is 0.469. The Morgan fingerprint density at radius 3 is 2.37 bits per heavy atom. The Balaban J connectivity index is 1.22. The van der Waals surface area contributed by atoms with E-state index in [0.29, 0.717) is 24.4 Å². The minimum atomic E-state index is 0.290. The number of aromatic nitrogens is 4. The van der Waals surface area contributed by atoms with Gasteiger partial charge in [0.05, 0.1) is 6.33 Å². The maximum atomic E-state index is 6.57. The summed E-state index contributed by atoms with van der Waals surface area (Å²) in [5.74, 6) is 3.79. The van der Waals surface area contributed by atoms with Gasteiger partial charge in [0.15, 0.2) is 11.5 Å². The van der Waals surface area contributed by atoms with Gasteiger partial charge in [0.2, 0.25) is 0 Å². The van der Waals surface area contributed by atoms with Crippen LogP contribution in [0.25, 0.3) is 22.3 Å². The summed E-state index contributed by atoms with van der Waals surface area (Å²) in [6.07, 6.45) is 10.5. The van der Waals surface area contributed by atoms with Gasteiger partial charge in [-0.05, 0) is 74.0 Å². The molecule has 2 heterocycles. The molecule has 4 aromatic rings. The number of fused-ring (bicyclic) bond motifs is 1. The predicted molar refractivity (Wildman–Crippen MR) is 155 cm³/mol. The van der Waals surface area contributed by atoms with Crippen LogP contribution in [0.1, 0.15) is 69.8 Å². The lowest BCUT2D eigenvalue weighted by Crippen LogP contribution is -2.44. The molecule has 38 heavy (non-hydrogen) atoms. The minimum absolute atomic E-state index is 0.290. The number of hydrogen-bond donors (Lipinski definition) is 2. The lowest BCUT2D eigenvalue weighted by Gasteiger charge is -2.45. The molecule has 2 aromatic heterocycles. The van der Waals surface area contributed by atoms with Crippen molar-refractivity contribution >= 4 is 17.0 Å². The fourth-order valence-corrected chi connectivity index (χ4v) is 6.55. The normalized spacial score (nSPS) is 23.5. The van der Waals surface area contributed by atoms with Crippen LogP contribution >= 0.6 is 0 Å². The summed E-state index contributed by atoms with van der Waals surface area (Å²) in [5.41, 5.74) is 12.0. The Bertz CT molecular complexity index is 1360. The van der Waals surface area contributed by atoms with Crippen molar-refractivity contribution in [2.75, 3.05) is 5.32 Å². The molecule has 0 radical (unpaired) electrons. The first-order valence-electron chi connectivity index (χ1n) is 14.4. The van der Waals surface area contributed by atoms with Crippen molar-refractivity contribution in [2.24, 2.45) is 23.5 Å². The van der Waals surface area contributed by atoms with Gasteiger partial charge in [0, 0.05) is 25.0 Å². The SMILES string of the molecule is CC(C)n1cnc2c(NCc3ccc(-c4ccccc4)cc3)nc(CC3CCC3[C@@H]3CCCC[C@@H]3N)nc21. The molecule has 2 aromatic carbocycles. The van der Waals surface area contributed by atoms with E-state index in [1.54, 1.807) is 0 Å². The van der Waals surface area contributed by atoms with E-state index < -0.39 is 0 Å². The molecule has 6 nitrogen and oxygen atoms in total. The van der Waals surface area contributed by atoms with Gasteiger partial charge in [-0.25, -0.2) is 15.0 Å². The summed E-state index contributed by atoms with van der Waals surface area (Å²) in [6.45, 7) is 5.05. The van der Waals surface area contributed by atoms with Crippen LogP contribution in [0.3, 0.4) is 0 Å². The van der Waals surface area contributed by atoms with E-state index >= 15 is 0 Å². The van der Waals surface area contributed by atoms with Crippen molar-refractivity contribution in [3.8, 4) is 11.1 Å². The molecule has 2 aliphatic carbocycles. The van der Waals surface area contributed by atoms with Crippen LogP contribution in [0.5, 0.6) is 0 Å². The zero-order valence-corrected chi connectivity index (χ0v) is 22.7. The average molecular weight is 509 g/mol. The quantitative estimate of drug-likeness (QED) is 0.274. The lowest BCUT2D eigenvalue weighted by atomic mass is 9.61. The van der Waals surface area contributed by atoms with Crippen LogP contribution in [-0.2, 0) is 13.0 Å². The fourth-order valence-electron chi connectivity index (χ4n) is 6.55. The van der Waals surface area contributed by atoms with Gasteiger partial charge in [-0.15, -0.1) is 0 Å². The highest BCUT2D eigenvalue weighted by atomic mass is 15.2. The first kappa shape index (κ1) is 25.1. The number of nitrogens with one attached hydrogen (secondary N) is 1. The van der Waals surface area contributed by atoms with Crippen molar-refractivity contribution in [3.63, 3.8) is 0 Å². The molecule has 198 valence electrons. The van der Waals surface area contributed by atoms with E-state index in [9.17, 15) is 0 Å². The van der Waals surface area contributed by atoms with Gasteiger partial charge in [0.1, 0.15) is 11.3 Å². The molecule has 0 saturated heterocycles. The summed E-state index contributed by atoms with van der Waals surface area (Å²) in [5, 5.41) is 3.60. The maximum absolute atomic E-state index is 6.57.